The number of fused-ring (bicyclic) bond motifs is 1. The lowest BCUT2D eigenvalue weighted by Crippen LogP contribution is -1.94. The van der Waals surface area contributed by atoms with Crippen LogP contribution >= 0.6 is 11.6 Å². The monoisotopic (exact) mass is 308 g/mol. The first-order valence-corrected chi connectivity index (χ1v) is 7.22. The summed E-state index contributed by atoms with van der Waals surface area (Å²) in [5, 5.41) is 12.4. The van der Waals surface area contributed by atoms with Gasteiger partial charge in [0.05, 0.1) is 5.02 Å². The van der Waals surface area contributed by atoms with Gasteiger partial charge >= 0.3 is 0 Å². The van der Waals surface area contributed by atoms with Gasteiger partial charge in [0.1, 0.15) is 5.75 Å². The van der Waals surface area contributed by atoms with Crippen molar-refractivity contribution >= 4 is 34.2 Å². The van der Waals surface area contributed by atoms with Crippen LogP contribution < -0.4 is 0 Å². The molecule has 0 heterocycles. The normalized spacial score (nSPS) is 11.1. The van der Waals surface area contributed by atoms with Crippen LogP contribution in [0.3, 0.4) is 0 Å². The summed E-state index contributed by atoms with van der Waals surface area (Å²) in [6.07, 6.45) is 3.06. The van der Waals surface area contributed by atoms with Crippen LogP contribution in [-0.2, 0) is 0 Å². The molecule has 3 rings (SSSR count). The van der Waals surface area contributed by atoms with E-state index in [2.05, 4.69) is 0 Å². The highest BCUT2D eigenvalue weighted by Gasteiger charge is 2.08. The summed E-state index contributed by atoms with van der Waals surface area (Å²) in [6, 6.07) is 18.1. The summed E-state index contributed by atoms with van der Waals surface area (Å²) in [5.41, 5.74) is 1.07. The maximum absolute atomic E-state index is 12.2. The summed E-state index contributed by atoms with van der Waals surface area (Å²) in [7, 11) is 0. The van der Waals surface area contributed by atoms with Gasteiger partial charge in [0.15, 0.2) is 5.78 Å². The lowest BCUT2D eigenvalue weighted by molar-refractivity contribution is 0.104. The Kier molecular flexibility index (Phi) is 3.94. The van der Waals surface area contributed by atoms with Crippen molar-refractivity contribution in [2.45, 2.75) is 0 Å². The molecule has 2 nitrogen and oxygen atoms in total. The van der Waals surface area contributed by atoms with Crippen LogP contribution in [0, 0.1) is 0 Å². The number of hydrogen-bond donors (Lipinski definition) is 1. The minimum absolute atomic E-state index is 0.141. The number of aromatic hydroxyl groups is 1. The van der Waals surface area contributed by atoms with Gasteiger partial charge in [-0.25, -0.2) is 0 Å². The Bertz CT molecular complexity index is 881. The zero-order valence-electron chi connectivity index (χ0n) is 11.7. The van der Waals surface area contributed by atoms with E-state index in [0.717, 1.165) is 10.8 Å². The van der Waals surface area contributed by atoms with Crippen LogP contribution in [0.25, 0.3) is 16.8 Å². The Hall–Kier alpha value is -2.58. The Balaban J connectivity index is 2.01. The number of carbonyl (C=O) groups is 1. The van der Waals surface area contributed by atoms with Gasteiger partial charge in [-0.05, 0) is 41.1 Å². The third-order valence-corrected chi connectivity index (χ3v) is 3.82. The summed E-state index contributed by atoms with van der Waals surface area (Å²) < 4.78 is 0. The van der Waals surface area contributed by atoms with E-state index in [4.69, 9.17) is 11.6 Å². The molecule has 0 saturated heterocycles. The van der Waals surface area contributed by atoms with E-state index < -0.39 is 0 Å². The van der Waals surface area contributed by atoms with E-state index in [1.165, 1.54) is 6.08 Å². The van der Waals surface area contributed by atoms with Crippen molar-refractivity contribution in [2.24, 2.45) is 0 Å². The number of ketones is 1. The van der Waals surface area contributed by atoms with Crippen LogP contribution in [0.15, 0.2) is 66.7 Å². The highest BCUT2D eigenvalue weighted by Crippen LogP contribution is 2.28. The van der Waals surface area contributed by atoms with Gasteiger partial charge in [0, 0.05) is 11.1 Å². The van der Waals surface area contributed by atoms with Crippen molar-refractivity contribution in [1.82, 2.24) is 0 Å². The largest absolute Gasteiger partial charge is 0.507 e. The highest BCUT2D eigenvalue weighted by molar-refractivity contribution is 6.34. The first-order chi connectivity index (χ1) is 10.7. The lowest BCUT2D eigenvalue weighted by Gasteiger charge is -2.05. The molecule has 0 amide bonds. The molecule has 0 aliphatic heterocycles. The van der Waals surface area contributed by atoms with E-state index in [1.807, 2.05) is 30.3 Å². The van der Waals surface area contributed by atoms with Crippen molar-refractivity contribution in [1.29, 1.82) is 0 Å². The average Bonchev–Trinajstić information content (AvgIpc) is 2.54. The molecule has 0 saturated carbocycles. The van der Waals surface area contributed by atoms with Gasteiger partial charge in [-0.2, -0.15) is 0 Å². The van der Waals surface area contributed by atoms with E-state index in [-0.39, 0.29) is 11.5 Å². The maximum atomic E-state index is 12.2. The molecule has 0 atom stereocenters. The Morgan fingerprint density at radius 2 is 1.68 bits per heavy atom. The second-order valence-corrected chi connectivity index (χ2v) is 5.30. The molecule has 0 aromatic heterocycles. The average molecular weight is 309 g/mol. The smallest absolute Gasteiger partial charge is 0.187 e. The van der Waals surface area contributed by atoms with Gasteiger partial charge in [-0.1, -0.05) is 54.1 Å². The minimum Gasteiger partial charge on any atom is -0.507 e. The molecule has 0 fully saturated rings. The topological polar surface area (TPSA) is 37.3 Å². The van der Waals surface area contributed by atoms with E-state index in [0.29, 0.717) is 16.1 Å². The van der Waals surface area contributed by atoms with Crippen molar-refractivity contribution in [3.05, 3.63) is 82.9 Å². The van der Waals surface area contributed by atoms with Crippen molar-refractivity contribution in [3.63, 3.8) is 0 Å². The number of rotatable bonds is 3. The van der Waals surface area contributed by atoms with E-state index >= 15 is 0 Å². The number of hydrogen-bond acceptors (Lipinski definition) is 2. The van der Waals surface area contributed by atoms with Crippen molar-refractivity contribution in [2.75, 3.05) is 0 Å². The fourth-order valence-corrected chi connectivity index (χ4v) is 2.60. The molecule has 3 aromatic carbocycles. The van der Waals surface area contributed by atoms with Gasteiger partial charge < -0.3 is 5.11 Å². The number of phenolic OH excluding ortho intramolecular Hbond substituents is 1. The van der Waals surface area contributed by atoms with E-state index in [9.17, 15) is 9.90 Å². The summed E-state index contributed by atoms with van der Waals surface area (Å²) in [5.74, 6) is -0.0557. The number of benzene rings is 3. The second kappa shape index (κ2) is 6.04. The highest BCUT2D eigenvalue weighted by atomic mass is 35.5. The summed E-state index contributed by atoms with van der Waals surface area (Å²) in [6.45, 7) is 0. The molecule has 1 N–H and O–H groups in total. The number of halogens is 1. The van der Waals surface area contributed by atoms with Crippen LogP contribution in [0.4, 0.5) is 0 Å². The van der Waals surface area contributed by atoms with Crippen LogP contribution in [-0.4, -0.2) is 10.9 Å². The van der Waals surface area contributed by atoms with Gasteiger partial charge in [-0.3, -0.25) is 4.79 Å². The van der Waals surface area contributed by atoms with Crippen LogP contribution in [0.1, 0.15) is 15.9 Å². The molecular weight excluding hydrogens is 296 g/mol. The molecule has 0 spiro atoms. The fraction of sp³-hybridized carbons (Fsp3) is 0. The number of allylic oxidation sites excluding steroid dienone is 1. The molecule has 0 aliphatic carbocycles. The third-order valence-electron chi connectivity index (χ3n) is 3.49. The molecule has 0 aliphatic rings. The predicted molar refractivity (Wildman–Crippen MR) is 90.4 cm³/mol. The van der Waals surface area contributed by atoms with Crippen molar-refractivity contribution < 1.29 is 9.90 Å². The molecule has 0 radical (unpaired) electrons. The van der Waals surface area contributed by atoms with E-state index in [1.54, 1.807) is 36.4 Å². The molecule has 108 valence electrons. The Morgan fingerprint density at radius 1 is 0.955 bits per heavy atom. The zero-order chi connectivity index (χ0) is 15.5. The zero-order valence-corrected chi connectivity index (χ0v) is 12.4. The second-order valence-electron chi connectivity index (χ2n) is 4.90. The quantitative estimate of drug-likeness (QED) is 0.540. The minimum atomic E-state index is -0.196. The van der Waals surface area contributed by atoms with Crippen molar-refractivity contribution in [3.8, 4) is 5.75 Å². The lowest BCUT2D eigenvalue weighted by atomic mass is 10.0. The molecular formula is C19H13ClO2. The Labute approximate surface area is 133 Å². The molecule has 22 heavy (non-hydrogen) atoms. The number of phenols is 1. The van der Waals surface area contributed by atoms with Gasteiger partial charge in [0.25, 0.3) is 0 Å². The third kappa shape index (κ3) is 2.74. The van der Waals surface area contributed by atoms with Crippen LogP contribution in [0.5, 0.6) is 5.75 Å². The predicted octanol–water partition coefficient (Wildman–Crippen LogP) is 5.09. The first-order valence-electron chi connectivity index (χ1n) is 6.84. The SMILES string of the molecule is O=C(C=Cc1c(O)ccc2ccccc12)c1ccccc1Cl. The molecule has 0 bridgehead atoms. The number of carbonyl (C=O) groups excluding carboxylic acids is 1. The standard InChI is InChI=1S/C19H13ClO2/c20-17-8-4-3-7-16(17)19(22)12-10-15-14-6-2-1-5-13(14)9-11-18(15)21/h1-12,21H. The fourth-order valence-electron chi connectivity index (χ4n) is 2.37. The summed E-state index contributed by atoms with van der Waals surface area (Å²) in [4.78, 5) is 12.2. The maximum Gasteiger partial charge on any atom is 0.187 e. The summed E-state index contributed by atoms with van der Waals surface area (Å²) >= 11 is 6.02. The first kappa shape index (κ1) is 14.4. The Morgan fingerprint density at radius 3 is 2.50 bits per heavy atom. The molecule has 3 heteroatoms. The van der Waals surface area contributed by atoms with Gasteiger partial charge in [-0.15, -0.1) is 0 Å². The molecule has 0 unspecified atom stereocenters. The van der Waals surface area contributed by atoms with Crippen LogP contribution in [0.2, 0.25) is 5.02 Å². The van der Waals surface area contributed by atoms with Gasteiger partial charge in [0.2, 0.25) is 0 Å². The molecule has 3 aromatic rings.